The zero-order valence-corrected chi connectivity index (χ0v) is 16.3. The fourth-order valence-electron chi connectivity index (χ4n) is 2.89. The van der Waals surface area contributed by atoms with Gasteiger partial charge in [-0.25, -0.2) is 0 Å². The molecule has 0 bridgehead atoms. The largest absolute Gasteiger partial charge is 0.388 e. The van der Waals surface area contributed by atoms with Gasteiger partial charge in [-0.1, -0.05) is 26.8 Å². The van der Waals surface area contributed by atoms with E-state index in [-0.39, 0.29) is 17.6 Å². The molecule has 0 aliphatic heterocycles. The Morgan fingerprint density at radius 2 is 1.81 bits per heavy atom. The van der Waals surface area contributed by atoms with Crippen molar-refractivity contribution in [3.05, 3.63) is 58.7 Å². The molecular formula is C22H28N2O2. The maximum absolute atomic E-state index is 12.6. The fourth-order valence-corrected chi connectivity index (χ4v) is 2.89. The van der Waals surface area contributed by atoms with Crippen LogP contribution >= 0.6 is 0 Å². The Balaban J connectivity index is 2.24. The summed E-state index contributed by atoms with van der Waals surface area (Å²) in [5.41, 5.74) is 5.05. The zero-order chi connectivity index (χ0) is 19.3. The molecule has 0 saturated carbocycles. The summed E-state index contributed by atoms with van der Waals surface area (Å²) >= 11 is 0. The van der Waals surface area contributed by atoms with Crippen LogP contribution in [-0.2, 0) is 6.42 Å². The summed E-state index contributed by atoms with van der Waals surface area (Å²) in [6.07, 6.45) is 1.57. The van der Waals surface area contributed by atoms with Crippen LogP contribution in [0.15, 0.2) is 36.4 Å². The van der Waals surface area contributed by atoms with Gasteiger partial charge in [0.2, 0.25) is 0 Å². The molecule has 0 aromatic heterocycles. The van der Waals surface area contributed by atoms with Gasteiger partial charge < -0.3 is 10.6 Å². The Bertz CT molecular complexity index is 812. The van der Waals surface area contributed by atoms with E-state index in [4.69, 9.17) is 0 Å². The molecule has 1 unspecified atom stereocenters. The normalized spacial score (nSPS) is 11.7. The van der Waals surface area contributed by atoms with Crippen LogP contribution in [0.5, 0.6) is 0 Å². The minimum Gasteiger partial charge on any atom is -0.388 e. The first kappa shape index (κ1) is 19.7. The molecule has 2 rings (SSSR count). The lowest BCUT2D eigenvalue weighted by molar-refractivity contribution is 0.0926. The first-order chi connectivity index (χ1) is 12.4. The summed E-state index contributed by atoms with van der Waals surface area (Å²) in [7, 11) is 1.84. The van der Waals surface area contributed by atoms with Gasteiger partial charge in [0.05, 0.1) is 0 Å². The standard InChI is InChI=1S/C22H28N2O2/c1-6-14(3)21(25)19-11-10-18(12-16(19)7-2)24-22(26)17-9-8-15(4)20(13-17)23-5/h8-14,23H,6-7H2,1-5H3,(H,24,26). The summed E-state index contributed by atoms with van der Waals surface area (Å²) in [6, 6.07) is 11.1. The highest BCUT2D eigenvalue weighted by molar-refractivity contribution is 6.05. The number of benzene rings is 2. The SMILES string of the molecule is CCc1cc(NC(=O)c2ccc(C)c(NC)c2)ccc1C(=O)C(C)CC. The van der Waals surface area contributed by atoms with Crippen molar-refractivity contribution in [2.75, 3.05) is 17.7 Å². The molecule has 0 fully saturated rings. The molecule has 0 spiro atoms. The van der Waals surface area contributed by atoms with Gasteiger partial charge in [-0.05, 0) is 61.2 Å². The minimum absolute atomic E-state index is 0.00765. The number of hydrogen-bond donors (Lipinski definition) is 2. The molecular weight excluding hydrogens is 324 g/mol. The van der Waals surface area contributed by atoms with Gasteiger partial charge in [0.1, 0.15) is 0 Å². The van der Waals surface area contributed by atoms with Crippen molar-refractivity contribution in [1.29, 1.82) is 0 Å². The number of aryl methyl sites for hydroxylation is 2. The predicted molar refractivity (Wildman–Crippen MR) is 108 cm³/mol. The topological polar surface area (TPSA) is 58.2 Å². The number of rotatable bonds is 7. The van der Waals surface area contributed by atoms with E-state index in [1.807, 2.05) is 65.1 Å². The second-order valence-corrected chi connectivity index (χ2v) is 6.63. The van der Waals surface area contributed by atoms with E-state index in [1.54, 1.807) is 6.07 Å². The third-order valence-electron chi connectivity index (χ3n) is 4.84. The van der Waals surface area contributed by atoms with Crippen LogP contribution in [0, 0.1) is 12.8 Å². The van der Waals surface area contributed by atoms with E-state index in [0.29, 0.717) is 11.3 Å². The Labute approximate surface area is 156 Å². The van der Waals surface area contributed by atoms with E-state index in [2.05, 4.69) is 10.6 Å². The maximum Gasteiger partial charge on any atom is 0.255 e. The lowest BCUT2D eigenvalue weighted by atomic mass is 9.92. The predicted octanol–water partition coefficient (Wildman–Crippen LogP) is 5.08. The van der Waals surface area contributed by atoms with E-state index in [1.165, 1.54) is 0 Å². The Hall–Kier alpha value is -2.62. The van der Waals surface area contributed by atoms with Crippen LogP contribution in [0.2, 0.25) is 0 Å². The number of carbonyl (C=O) groups excluding carboxylic acids is 2. The van der Waals surface area contributed by atoms with Crippen molar-refractivity contribution in [3.63, 3.8) is 0 Å². The zero-order valence-electron chi connectivity index (χ0n) is 16.3. The van der Waals surface area contributed by atoms with Gasteiger partial charge in [-0.15, -0.1) is 0 Å². The highest BCUT2D eigenvalue weighted by atomic mass is 16.1. The summed E-state index contributed by atoms with van der Waals surface area (Å²) in [5.74, 6) is 0.0113. The molecule has 2 aromatic carbocycles. The van der Waals surface area contributed by atoms with Gasteiger partial charge in [0.25, 0.3) is 5.91 Å². The number of amides is 1. The van der Waals surface area contributed by atoms with E-state index >= 15 is 0 Å². The van der Waals surface area contributed by atoms with E-state index in [9.17, 15) is 9.59 Å². The van der Waals surface area contributed by atoms with Crippen molar-refractivity contribution < 1.29 is 9.59 Å². The molecule has 0 heterocycles. The van der Waals surface area contributed by atoms with Crippen molar-refractivity contribution in [1.82, 2.24) is 0 Å². The monoisotopic (exact) mass is 352 g/mol. The molecule has 0 saturated heterocycles. The first-order valence-electron chi connectivity index (χ1n) is 9.18. The summed E-state index contributed by atoms with van der Waals surface area (Å²) in [6.45, 7) is 7.99. The molecule has 4 heteroatoms. The molecule has 0 radical (unpaired) electrons. The summed E-state index contributed by atoms with van der Waals surface area (Å²) in [5, 5.41) is 6.03. The summed E-state index contributed by atoms with van der Waals surface area (Å²) < 4.78 is 0. The smallest absolute Gasteiger partial charge is 0.255 e. The second-order valence-electron chi connectivity index (χ2n) is 6.63. The fraction of sp³-hybridized carbons (Fsp3) is 0.364. The molecule has 0 aliphatic carbocycles. The number of nitrogens with one attached hydrogen (secondary N) is 2. The average Bonchev–Trinajstić information content (AvgIpc) is 2.66. The van der Waals surface area contributed by atoms with Crippen molar-refractivity contribution in [3.8, 4) is 0 Å². The Morgan fingerprint density at radius 3 is 2.42 bits per heavy atom. The van der Waals surface area contributed by atoms with Gasteiger partial charge in [0, 0.05) is 35.5 Å². The van der Waals surface area contributed by atoms with Crippen LogP contribution in [0.4, 0.5) is 11.4 Å². The molecule has 4 nitrogen and oxygen atoms in total. The molecule has 2 aromatic rings. The number of anilines is 2. The quantitative estimate of drug-likeness (QED) is 0.683. The number of carbonyl (C=O) groups is 2. The third-order valence-corrected chi connectivity index (χ3v) is 4.84. The van der Waals surface area contributed by atoms with Crippen LogP contribution in [-0.4, -0.2) is 18.7 Å². The van der Waals surface area contributed by atoms with Crippen LogP contribution < -0.4 is 10.6 Å². The minimum atomic E-state index is -0.162. The Morgan fingerprint density at radius 1 is 1.08 bits per heavy atom. The molecule has 1 amide bonds. The highest BCUT2D eigenvalue weighted by Gasteiger charge is 2.17. The maximum atomic E-state index is 12.6. The molecule has 1 atom stereocenters. The van der Waals surface area contributed by atoms with Crippen LogP contribution in [0.25, 0.3) is 0 Å². The van der Waals surface area contributed by atoms with Gasteiger partial charge in [-0.3, -0.25) is 9.59 Å². The van der Waals surface area contributed by atoms with Gasteiger partial charge >= 0.3 is 0 Å². The van der Waals surface area contributed by atoms with Crippen LogP contribution in [0.1, 0.15) is 59.0 Å². The number of ketones is 1. The third kappa shape index (κ3) is 4.31. The van der Waals surface area contributed by atoms with Crippen molar-refractivity contribution in [2.24, 2.45) is 5.92 Å². The van der Waals surface area contributed by atoms with Crippen molar-refractivity contribution in [2.45, 2.75) is 40.5 Å². The molecule has 0 aliphatic rings. The first-order valence-corrected chi connectivity index (χ1v) is 9.18. The number of hydrogen-bond acceptors (Lipinski definition) is 3. The molecule has 2 N–H and O–H groups in total. The summed E-state index contributed by atoms with van der Waals surface area (Å²) in [4.78, 5) is 25.1. The molecule has 138 valence electrons. The van der Waals surface area contributed by atoms with E-state index < -0.39 is 0 Å². The van der Waals surface area contributed by atoms with Gasteiger partial charge in [0.15, 0.2) is 5.78 Å². The average molecular weight is 352 g/mol. The Kier molecular flexibility index (Phi) is 6.56. The molecule has 26 heavy (non-hydrogen) atoms. The lowest BCUT2D eigenvalue weighted by Gasteiger charge is -2.14. The van der Waals surface area contributed by atoms with E-state index in [0.717, 1.165) is 35.2 Å². The van der Waals surface area contributed by atoms with Crippen molar-refractivity contribution >= 4 is 23.1 Å². The van der Waals surface area contributed by atoms with Gasteiger partial charge in [-0.2, -0.15) is 0 Å². The lowest BCUT2D eigenvalue weighted by Crippen LogP contribution is -2.15. The highest BCUT2D eigenvalue weighted by Crippen LogP contribution is 2.22. The second kappa shape index (κ2) is 8.65. The van der Waals surface area contributed by atoms with Crippen LogP contribution in [0.3, 0.4) is 0 Å². The number of Topliss-reactive ketones (excluding diaryl/α,β-unsaturated/α-hetero) is 1.